The predicted octanol–water partition coefficient (Wildman–Crippen LogP) is 5.27. The number of Topliss-reactive ketones (excluding diaryl/α,β-unsaturated/α-hetero) is 1. The smallest absolute Gasteiger partial charge is 0.350 e. The summed E-state index contributed by atoms with van der Waals surface area (Å²) in [5.74, 6) is -3.24. The molecule has 38 heavy (non-hydrogen) atoms. The Morgan fingerprint density at radius 2 is 1.97 bits per heavy atom. The van der Waals surface area contributed by atoms with Crippen LogP contribution in [0.25, 0.3) is 5.76 Å². The molecule has 0 unspecified atom stereocenters. The van der Waals surface area contributed by atoms with Crippen molar-refractivity contribution in [2.45, 2.75) is 26.8 Å². The van der Waals surface area contributed by atoms with Crippen molar-refractivity contribution in [1.82, 2.24) is 4.98 Å². The molecule has 10 heteroatoms. The number of rotatable bonds is 8. The Bertz CT molecular complexity index is 1480. The first-order valence-electron chi connectivity index (χ1n) is 11.7. The van der Waals surface area contributed by atoms with Gasteiger partial charge in [0.1, 0.15) is 34.9 Å². The fourth-order valence-electron chi connectivity index (χ4n) is 4.17. The number of amides is 1. The molecular formula is C28H25FN2O6S. The molecule has 0 radical (unpaired) electrons. The van der Waals surface area contributed by atoms with Gasteiger partial charge in [0.25, 0.3) is 5.78 Å². The molecule has 1 atom stereocenters. The van der Waals surface area contributed by atoms with Gasteiger partial charge in [0, 0.05) is 11.1 Å². The Morgan fingerprint density at radius 3 is 2.63 bits per heavy atom. The van der Waals surface area contributed by atoms with E-state index in [9.17, 15) is 19.5 Å². The summed E-state index contributed by atoms with van der Waals surface area (Å²) >= 11 is 0.835. The predicted molar refractivity (Wildman–Crippen MR) is 141 cm³/mol. The zero-order valence-electron chi connectivity index (χ0n) is 21.0. The fourth-order valence-corrected chi connectivity index (χ4v) is 5.15. The number of aliphatic hydroxyl groups is 1. The van der Waals surface area contributed by atoms with Crippen LogP contribution in [0.2, 0.25) is 0 Å². The zero-order chi connectivity index (χ0) is 27.6. The van der Waals surface area contributed by atoms with Crippen molar-refractivity contribution in [3.8, 4) is 5.75 Å². The van der Waals surface area contributed by atoms with E-state index in [1.54, 1.807) is 38.1 Å². The quantitative estimate of drug-likeness (QED) is 0.138. The molecule has 1 aliphatic heterocycles. The van der Waals surface area contributed by atoms with Crippen LogP contribution < -0.4 is 9.64 Å². The van der Waals surface area contributed by atoms with Gasteiger partial charge in [-0.2, -0.15) is 0 Å². The Kier molecular flexibility index (Phi) is 7.72. The number of ether oxygens (including phenoxy) is 2. The van der Waals surface area contributed by atoms with Gasteiger partial charge in [0.2, 0.25) is 0 Å². The lowest BCUT2D eigenvalue weighted by atomic mass is 9.94. The van der Waals surface area contributed by atoms with E-state index in [4.69, 9.17) is 9.47 Å². The molecule has 3 aromatic rings. The molecular weight excluding hydrogens is 511 g/mol. The molecule has 1 fully saturated rings. The van der Waals surface area contributed by atoms with Gasteiger partial charge in [0.15, 0.2) is 5.13 Å². The summed E-state index contributed by atoms with van der Waals surface area (Å²) in [7, 11) is 0. The van der Waals surface area contributed by atoms with E-state index in [1.165, 1.54) is 24.3 Å². The second-order valence-electron chi connectivity index (χ2n) is 8.40. The third-order valence-electron chi connectivity index (χ3n) is 5.90. The van der Waals surface area contributed by atoms with Crippen molar-refractivity contribution in [3.63, 3.8) is 0 Å². The number of halogens is 1. The maximum atomic E-state index is 15.1. The van der Waals surface area contributed by atoms with Crippen molar-refractivity contribution in [3.05, 3.63) is 93.8 Å². The first-order valence-corrected chi connectivity index (χ1v) is 12.6. The second kappa shape index (κ2) is 11.0. The van der Waals surface area contributed by atoms with Crippen molar-refractivity contribution in [2.24, 2.45) is 0 Å². The van der Waals surface area contributed by atoms with Crippen LogP contribution in [-0.2, 0) is 14.3 Å². The Morgan fingerprint density at radius 1 is 1.24 bits per heavy atom. The molecule has 2 aromatic carbocycles. The van der Waals surface area contributed by atoms with Crippen LogP contribution in [-0.4, -0.2) is 41.0 Å². The summed E-state index contributed by atoms with van der Waals surface area (Å²) in [5, 5.41) is 11.3. The maximum absolute atomic E-state index is 15.1. The van der Waals surface area contributed by atoms with Gasteiger partial charge >= 0.3 is 11.9 Å². The van der Waals surface area contributed by atoms with E-state index >= 15 is 4.39 Å². The van der Waals surface area contributed by atoms with Gasteiger partial charge in [-0.3, -0.25) is 14.5 Å². The topological polar surface area (TPSA) is 106 Å². The molecule has 1 aromatic heterocycles. The second-order valence-corrected chi connectivity index (χ2v) is 9.38. The zero-order valence-corrected chi connectivity index (χ0v) is 21.8. The molecule has 4 rings (SSSR count). The Hall–Kier alpha value is -4.31. The third kappa shape index (κ3) is 4.82. The largest absolute Gasteiger partial charge is 0.507 e. The van der Waals surface area contributed by atoms with E-state index in [1.807, 2.05) is 6.92 Å². The lowest BCUT2D eigenvalue weighted by Crippen LogP contribution is -2.29. The van der Waals surface area contributed by atoms with Gasteiger partial charge in [-0.1, -0.05) is 42.2 Å². The minimum Gasteiger partial charge on any atom is -0.507 e. The number of esters is 1. The average Bonchev–Trinajstić information content (AvgIpc) is 3.40. The van der Waals surface area contributed by atoms with Gasteiger partial charge in [-0.25, -0.2) is 14.2 Å². The number of hydrogen-bond acceptors (Lipinski definition) is 8. The number of thiazole rings is 1. The monoisotopic (exact) mass is 536 g/mol. The highest BCUT2D eigenvalue weighted by atomic mass is 32.1. The van der Waals surface area contributed by atoms with E-state index in [2.05, 4.69) is 11.6 Å². The molecule has 196 valence electrons. The molecule has 0 aliphatic carbocycles. The van der Waals surface area contributed by atoms with Gasteiger partial charge in [-0.05, 0) is 50.6 Å². The Labute approximate surface area is 222 Å². The molecule has 1 aliphatic rings. The van der Waals surface area contributed by atoms with Gasteiger partial charge < -0.3 is 14.6 Å². The van der Waals surface area contributed by atoms with Crippen LogP contribution >= 0.6 is 11.3 Å². The lowest BCUT2D eigenvalue weighted by molar-refractivity contribution is -0.132. The number of carbonyl (C=O) groups excluding carboxylic acids is 3. The highest BCUT2D eigenvalue weighted by Gasteiger charge is 2.49. The molecule has 0 saturated carbocycles. The Balaban J connectivity index is 1.89. The average molecular weight is 537 g/mol. The summed E-state index contributed by atoms with van der Waals surface area (Å²) in [6.07, 6.45) is 1.41. The first-order chi connectivity index (χ1) is 18.2. The molecule has 0 spiro atoms. The number of aryl methyl sites for hydroxylation is 2. The summed E-state index contributed by atoms with van der Waals surface area (Å²) in [6.45, 7) is 9.11. The summed E-state index contributed by atoms with van der Waals surface area (Å²) in [5.41, 5.74) is 0.919. The highest BCUT2D eigenvalue weighted by molar-refractivity contribution is 7.17. The SMILES string of the molecule is C=CCOC(=O)c1sc(N2C(=O)C(=O)C(=C(O)c3ccc(OCC)c(C)c3)[C@@H]2c2ccccc2F)nc1C. The summed E-state index contributed by atoms with van der Waals surface area (Å²) in [4.78, 5) is 44.6. The van der Waals surface area contributed by atoms with E-state index in [0.717, 1.165) is 16.2 Å². The van der Waals surface area contributed by atoms with Crippen LogP contribution in [0.3, 0.4) is 0 Å². The van der Waals surface area contributed by atoms with Crippen LogP contribution in [0.4, 0.5) is 9.52 Å². The normalized spacial score (nSPS) is 16.5. The van der Waals surface area contributed by atoms with Crippen LogP contribution in [0.1, 0.15) is 45.0 Å². The van der Waals surface area contributed by atoms with Crippen molar-refractivity contribution in [2.75, 3.05) is 18.1 Å². The standard InChI is InChI=1S/C28H25FN2O6S/c1-5-13-37-27(35)25-16(4)30-28(38-25)31-22(18-9-7-8-10-19(18)29)21(24(33)26(31)34)23(32)17-11-12-20(36-6-2)15(3)14-17/h5,7-12,14,22,32H,1,6,13H2,2-4H3/t22-/m0/s1. The number of hydrogen-bond donors (Lipinski definition) is 1. The number of benzene rings is 2. The molecule has 1 saturated heterocycles. The van der Waals surface area contributed by atoms with Crippen molar-refractivity contribution in [1.29, 1.82) is 0 Å². The van der Waals surface area contributed by atoms with E-state index in [0.29, 0.717) is 17.9 Å². The number of nitrogens with zero attached hydrogens (tertiary/aromatic N) is 2. The number of aliphatic hydroxyl groups excluding tert-OH is 1. The summed E-state index contributed by atoms with van der Waals surface area (Å²) in [6, 6.07) is 9.15. The highest BCUT2D eigenvalue weighted by Crippen LogP contribution is 2.44. The van der Waals surface area contributed by atoms with Crippen molar-refractivity contribution < 1.29 is 33.4 Å². The van der Waals surface area contributed by atoms with Gasteiger partial charge in [-0.15, -0.1) is 0 Å². The minimum atomic E-state index is -1.33. The maximum Gasteiger partial charge on any atom is 0.350 e. The lowest BCUT2D eigenvalue weighted by Gasteiger charge is -2.23. The van der Waals surface area contributed by atoms with Crippen LogP contribution in [0, 0.1) is 19.7 Å². The minimum absolute atomic E-state index is 0.00895. The van der Waals surface area contributed by atoms with Crippen LogP contribution in [0.15, 0.2) is 60.7 Å². The van der Waals surface area contributed by atoms with E-state index < -0.39 is 35.3 Å². The van der Waals surface area contributed by atoms with Gasteiger partial charge in [0.05, 0.1) is 17.9 Å². The third-order valence-corrected chi connectivity index (χ3v) is 7.04. The first kappa shape index (κ1) is 26.7. The number of ketones is 1. The van der Waals surface area contributed by atoms with Crippen LogP contribution in [0.5, 0.6) is 5.75 Å². The molecule has 0 bridgehead atoms. The fraction of sp³-hybridized carbons (Fsp3) is 0.214. The van der Waals surface area contributed by atoms with E-state index in [-0.39, 0.29) is 39.0 Å². The number of aromatic nitrogens is 1. The molecule has 1 amide bonds. The number of anilines is 1. The molecule has 2 heterocycles. The summed E-state index contributed by atoms with van der Waals surface area (Å²) < 4.78 is 25.7. The van der Waals surface area contributed by atoms with Crippen molar-refractivity contribution >= 4 is 39.9 Å². The molecule has 8 nitrogen and oxygen atoms in total. The number of carbonyl (C=O) groups is 3. The molecule has 1 N–H and O–H groups in total.